The molecule has 0 bridgehead atoms. The highest BCUT2D eigenvalue weighted by molar-refractivity contribution is 5.85. The van der Waals surface area contributed by atoms with Crippen LogP contribution in [0.1, 0.15) is 75.2 Å². The van der Waals surface area contributed by atoms with E-state index in [1.165, 1.54) is 30.5 Å². The minimum atomic E-state index is -0.181. The van der Waals surface area contributed by atoms with Crippen LogP contribution in [0, 0.1) is 5.41 Å². The fourth-order valence-electron chi connectivity index (χ4n) is 5.64. The fourth-order valence-corrected chi connectivity index (χ4v) is 5.64. The number of aromatic nitrogens is 4. The zero-order valence-electron chi connectivity index (χ0n) is 19.7. The van der Waals surface area contributed by atoms with Gasteiger partial charge in [0.2, 0.25) is 11.9 Å². The molecule has 3 heterocycles. The first-order chi connectivity index (χ1) is 15.3. The summed E-state index contributed by atoms with van der Waals surface area (Å²) in [6.45, 7) is 5.51. The number of carbonyl (C=O) groups excluding carboxylic acids is 1. The van der Waals surface area contributed by atoms with Crippen molar-refractivity contribution in [3.63, 3.8) is 0 Å². The lowest BCUT2D eigenvalue weighted by atomic mass is 9.90. The first-order valence-corrected chi connectivity index (χ1v) is 12.0. The average Bonchev–Trinajstić information content (AvgIpc) is 3.53. The van der Waals surface area contributed by atoms with Crippen molar-refractivity contribution in [1.82, 2.24) is 25.1 Å². The maximum atomic E-state index is 12.7. The van der Waals surface area contributed by atoms with Gasteiger partial charge in [0.15, 0.2) is 5.82 Å². The van der Waals surface area contributed by atoms with Gasteiger partial charge in [-0.05, 0) is 56.8 Å². The lowest BCUT2D eigenvalue weighted by Gasteiger charge is -2.27. The number of rotatable bonds is 5. The highest BCUT2D eigenvalue weighted by Crippen LogP contribution is 2.45. The number of likely N-dealkylation sites (N-methyl/N-ethyl adjacent to an activating group) is 1. The molecule has 2 N–H and O–H groups in total. The Morgan fingerprint density at radius 1 is 1.22 bits per heavy atom. The van der Waals surface area contributed by atoms with Gasteiger partial charge in [-0.3, -0.25) is 9.89 Å². The number of anilines is 3. The van der Waals surface area contributed by atoms with E-state index in [9.17, 15) is 4.79 Å². The van der Waals surface area contributed by atoms with Crippen LogP contribution in [-0.4, -0.2) is 57.7 Å². The zero-order valence-corrected chi connectivity index (χ0v) is 19.7. The van der Waals surface area contributed by atoms with Crippen LogP contribution in [0.4, 0.5) is 17.6 Å². The fraction of sp³-hybridized carbons (Fsp3) is 0.667. The molecule has 0 unspecified atom stereocenters. The van der Waals surface area contributed by atoms with E-state index < -0.39 is 0 Å². The molecule has 1 saturated heterocycles. The van der Waals surface area contributed by atoms with Crippen molar-refractivity contribution in [1.29, 1.82) is 0 Å². The van der Waals surface area contributed by atoms with Crippen molar-refractivity contribution < 1.29 is 4.79 Å². The van der Waals surface area contributed by atoms with Gasteiger partial charge in [0.25, 0.3) is 0 Å². The van der Waals surface area contributed by atoms with Crippen molar-refractivity contribution in [2.75, 3.05) is 30.9 Å². The summed E-state index contributed by atoms with van der Waals surface area (Å²) in [4.78, 5) is 26.3. The van der Waals surface area contributed by atoms with Crippen molar-refractivity contribution in [3.8, 4) is 0 Å². The lowest BCUT2D eigenvalue weighted by Crippen LogP contribution is -2.43. The largest absolute Gasteiger partial charge is 0.347 e. The van der Waals surface area contributed by atoms with Crippen molar-refractivity contribution in [2.24, 2.45) is 5.41 Å². The highest BCUT2D eigenvalue weighted by atomic mass is 16.2. The van der Waals surface area contributed by atoms with Gasteiger partial charge in [-0.1, -0.05) is 13.8 Å². The number of aromatic amines is 1. The lowest BCUT2D eigenvalue weighted by molar-refractivity contribution is -0.129. The molecule has 1 saturated carbocycles. The number of carbonyl (C=O) groups is 1. The molecule has 2 atom stereocenters. The van der Waals surface area contributed by atoms with Crippen molar-refractivity contribution >= 4 is 23.5 Å². The molecule has 32 heavy (non-hydrogen) atoms. The smallest absolute Gasteiger partial charge is 0.244 e. The Hall–Kier alpha value is -2.64. The Labute approximate surface area is 190 Å². The number of nitrogens with one attached hydrogen (secondary N) is 2. The van der Waals surface area contributed by atoms with Crippen LogP contribution in [0.5, 0.6) is 0 Å². The number of aryl methyl sites for hydroxylation is 1. The number of amides is 1. The third-order valence-electron chi connectivity index (χ3n) is 7.41. The van der Waals surface area contributed by atoms with Gasteiger partial charge >= 0.3 is 0 Å². The van der Waals surface area contributed by atoms with Crippen molar-refractivity contribution in [2.45, 2.75) is 77.2 Å². The Kier molecular flexibility index (Phi) is 5.34. The summed E-state index contributed by atoms with van der Waals surface area (Å²) in [6.07, 6.45) is 8.51. The molecule has 1 amide bonds. The van der Waals surface area contributed by atoms with Gasteiger partial charge in [0, 0.05) is 43.9 Å². The van der Waals surface area contributed by atoms with Crippen LogP contribution in [0.25, 0.3) is 0 Å². The van der Waals surface area contributed by atoms with Gasteiger partial charge in [0.1, 0.15) is 11.9 Å². The number of H-pyrrole nitrogens is 1. The van der Waals surface area contributed by atoms with E-state index in [0.717, 1.165) is 56.0 Å². The maximum Gasteiger partial charge on any atom is 0.244 e. The van der Waals surface area contributed by atoms with Crippen LogP contribution in [0.3, 0.4) is 0 Å². The first kappa shape index (κ1) is 21.2. The minimum absolute atomic E-state index is 0.123. The summed E-state index contributed by atoms with van der Waals surface area (Å²) >= 11 is 0. The van der Waals surface area contributed by atoms with Gasteiger partial charge < -0.3 is 15.1 Å². The molecule has 2 fully saturated rings. The molecule has 8 nitrogen and oxygen atoms in total. The minimum Gasteiger partial charge on any atom is -0.347 e. The van der Waals surface area contributed by atoms with E-state index in [2.05, 4.69) is 40.3 Å². The van der Waals surface area contributed by atoms with E-state index in [1.54, 1.807) is 4.90 Å². The summed E-state index contributed by atoms with van der Waals surface area (Å²) in [5.74, 6) is 2.99. The highest BCUT2D eigenvalue weighted by Gasteiger charge is 2.35. The standard InChI is InChI=1S/C24H35N7O/c1-24(2)11-10-15(14-24)18-13-20(29-28-18)26-21-16-7-5-8-17(16)25-23(27-21)31-12-6-9-19(31)22(32)30(3)4/h13,15,19H,5-12,14H2,1-4H3,(H2,25,26,27,28,29)/t15-,19+/m1/s1. The second-order valence-electron chi connectivity index (χ2n) is 10.7. The van der Waals surface area contributed by atoms with E-state index in [-0.39, 0.29) is 11.9 Å². The first-order valence-electron chi connectivity index (χ1n) is 12.0. The van der Waals surface area contributed by atoms with Crippen LogP contribution in [0.15, 0.2) is 6.07 Å². The molecule has 0 radical (unpaired) electrons. The molecule has 3 aliphatic rings. The predicted octanol–water partition coefficient (Wildman–Crippen LogP) is 3.78. The Bertz CT molecular complexity index is 1010. The molecule has 2 aromatic heterocycles. The van der Waals surface area contributed by atoms with Gasteiger partial charge in [-0.15, -0.1) is 0 Å². The SMILES string of the molecule is CN(C)C(=O)[C@@H]1CCCN1c1nc2c(c(Nc3cc([C@@H]4CCC(C)(C)C4)[nH]n3)n1)CCC2. The summed E-state index contributed by atoms with van der Waals surface area (Å²) < 4.78 is 0. The molecule has 8 heteroatoms. The molecule has 5 rings (SSSR count). The zero-order chi connectivity index (χ0) is 22.5. The third kappa shape index (κ3) is 3.95. The van der Waals surface area contributed by atoms with E-state index >= 15 is 0 Å². The third-order valence-corrected chi connectivity index (χ3v) is 7.41. The number of nitrogens with zero attached hydrogens (tertiary/aromatic N) is 5. The molecule has 172 valence electrons. The predicted molar refractivity (Wildman–Crippen MR) is 125 cm³/mol. The second kappa shape index (κ2) is 8.05. The number of hydrogen-bond acceptors (Lipinski definition) is 6. The maximum absolute atomic E-state index is 12.7. The van der Waals surface area contributed by atoms with Crippen LogP contribution in [0.2, 0.25) is 0 Å². The molecular formula is C24H35N7O. The molecule has 2 aliphatic carbocycles. The van der Waals surface area contributed by atoms with Gasteiger partial charge in [-0.2, -0.15) is 10.1 Å². The summed E-state index contributed by atoms with van der Waals surface area (Å²) in [7, 11) is 3.63. The topological polar surface area (TPSA) is 90.0 Å². The molecule has 0 aromatic carbocycles. The molecule has 1 aliphatic heterocycles. The van der Waals surface area contributed by atoms with Gasteiger partial charge in [0.05, 0.1) is 5.69 Å². The van der Waals surface area contributed by atoms with Crippen molar-refractivity contribution in [3.05, 3.63) is 23.0 Å². The molecular weight excluding hydrogens is 402 g/mol. The Morgan fingerprint density at radius 2 is 2.06 bits per heavy atom. The van der Waals surface area contributed by atoms with Crippen LogP contribution < -0.4 is 10.2 Å². The monoisotopic (exact) mass is 437 g/mol. The Balaban J connectivity index is 1.40. The molecule has 2 aromatic rings. The van der Waals surface area contributed by atoms with E-state index in [0.29, 0.717) is 17.3 Å². The quantitative estimate of drug-likeness (QED) is 0.740. The Morgan fingerprint density at radius 3 is 2.81 bits per heavy atom. The molecule has 0 spiro atoms. The number of hydrogen-bond donors (Lipinski definition) is 2. The summed E-state index contributed by atoms with van der Waals surface area (Å²) in [5.41, 5.74) is 3.91. The van der Waals surface area contributed by atoms with E-state index in [4.69, 9.17) is 9.97 Å². The van der Waals surface area contributed by atoms with E-state index in [1.807, 2.05) is 14.1 Å². The van der Waals surface area contributed by atoms with Gasteiger partial charge in [-0.25, -0.2) is 4.98 Å². The number of fused-ring (bicyclic) bond motifs is 1. The normalized spacial score (nSPS) is 24.1. The summed E-state index contributed by atoms with van der Waals surface area (Å²) in [5, 5.41) is 11.3. The van der Waals surface area contributed by atoms with Crippen LogP contribution in [-0.2, 0) is 17.6 Å². The average molecular weight is 438 g/mol. The van der Waals surface area contributed by atoms with Crippen LogP contribution >= 0.6 is 0 Å². The summed E-state index contributed by atoms with van der Waals surface area (Å²) in [6, 6.07) is 1.96. The second-order valence-corrected chi connectivity index (χ2v) is 10.7.